The first kappa shape index (κ1) is 26.2. The third kappa shape index (κ3) is 5.92. The van der Waals surface area contributed by atoms with E-state index in [1.165, 1.54) is 55.6 Å². The predicted octanol–water partition coefficient (Wildman–Crippen LogP) is 10.1. The first-order valence-corrected chi connectivity index (χ1v) is 12.5. The molecule has 0 N–H and O–H groups in total. The Balaban J connectivity index is 0.000000168. The molecular weight excluding hydrogens is 488 g/mol. The van der Waals surface area contributed by atoms with Gasteiger partial charge in [0.15, 0.2) is 0 Å². The molecule has 0 atom stereocenters. The Morgan fingerprint density at radius 1 is 0.459 bits per heavy atom. The van der Waals surface area contributed by atoms with Crippen LogP contribution in [0.3, 0.4) is 0 Å². The predicted molar refractivity (Wildman–Crippen MR) is 155 cm³/mol. The van der Waals surface area contributed by atoms with Crippen molar-refractivity contribution >= 4 is 0 Å². The van der Waals surface area contributed by atoms with Crippen molar-refractivity contribution < 1.29 is 17.1 Å². The zero-order chi connectivity index (χ0) is 24.7. The van der Waals surface area contributed by atoms with Crippen LogP contribution in [0.5, 0.6) is 0 Å². The Morgan fingerprint density at radius 2 is 0.865 bits per heavy atom. The maximum atomic E-state index is 2.22. The maximum absolute atomic E-state index is 2.22. The first-order chi connectivity index (χ1) is 17.7. The molecule has 1 heteroatoms. The summed E-state index contributed by atoms with van der Waals surface area (Å²) < 4.78 is 0. The van der Waals surface area contributed by atoms with Gasteiger partial charge in [0.2, 0.25) is 0 Å². The molecule has 6 aromatic rings. The summed E-state index contributed by atoms with van der Waals surface area (Å²) in [6, 6.07) is 51.1. The van der Waals surface area contributed by atoms with E-state index < -0.39 is 0 Å². The van der Waals surface area contributed by atoms with Crippen LogP contribution < -0.4 is 0 Å². The van der Waals surface area contributed by atoms with Crippen LogP contribution >= 0.6 is 0 Å². The number of hydrogen-bond acceptors (Lipinski definition) is 0. The molecule has 0 amide bonds. The summed E-state index contributed by atoms with van der Waals surface area (Å²) in [5, 5.41) is 0. The van der Waals surface area contributed by atoms with E-state index in [9.17, 15) is 0 Å². The van der Waals surface area contributed by atoms with Crippen molar-refractivity contribution in [3.05, 3.63) is 157 Å². The molecular formula is C36H30Fe-2. The van der Waals surface area contributed by atoms with Crippen molar-refractivity contribution in [3.63, 3.8) is 0 Å². The quantitative estimate of drug-likeness (QED) is 0.161. The fourth-order valence-electron chi connectivity index (χ4n) is 4.85. The normalized spacial score (nSPS) is 10.2. The Labute approximate surface area is 231 Å². The molecule has 37 heavy (non-hydrogen) atoms. The average Bonchev–Trinajstić information content (AvgIpc) is 3.53. The maximum Gasteiger partial charge on any atom is 0 e. The minimum absolute atomic E-state index is 0. The molecule has 0 aliphatic rings. The Morgan fingerprint density at radius 3 is 1.32 bits per heavy atom. The van der Waals surface area contributed by atoms with Crippen molar-refractivity contribution in [2.45, 2.75) is 13.8 Å². The summed E-state index contributed by atoms with van der Waals surface area (Å²) in [6.45, 7) is 4.40. The minimum Gasteiger partial charge on any atom is -0.151 e. The van der Waals surface area contributed by atoms with Gasteiger partial charge in [-0.2, -0.15) is 12.1 Å². The van der Waals surface area contributed by atoms with Gasteiger partial charge in [0.1, 0.15) is 0 Å². The molecule has 0 spiro atoms. The van der Waals surface area contributed by atoms with E-state index in [1.54, 1.807) is 0 Å². The van der Waals surface area contributed by atoms with Crippen molar-refractivity contribution in [2.24, 2.45) is 0 Å². The number of hydrogen-bond donors (Lipinski definition) is 0. The first-order valence-electron chi connectivity index (χ1n) is 12.5. The van der Waals surface area contributed by atoms with Crippen LogP contribution in [0.15, 0.2) is 146 Å². The number of rotatable bonds is 4. The molecule has 0 aromatic heterocycles. The Hall–Kier alpha value is -3.90. The molecule has 0 unspecified atom stereocenters. The zero-order valence-electron chi connectivity index (χ0n) is 21.2. The van der Waals surface area contributed by atoms with Crippen molar-refractivity contribution in [2.75, 3.05) is 0 Å². The third-order valence-electron chi connectivity index (χ3n) is 6.79. The van der Waals surface area contributed by atoms with Gasteiger partial charge in [-0.15, -0.1) is 57.6 Å². The molecule has 0 aliphatic heterocycles. The van der Waals surface area contributed by atoms with E-state index >= 15 is 0 Å². The molecule has 6 aromatic carbocycles. The van der Waals surface area contributed by atoms with Crippen LogP contribution in [-0.2, 0) is 17.1 Å². The Kier molecular flexibility index (Phi) is 8.75. The van der Waals surface area contributed by atoms with Crippen molar-refractivity contribution in [3.8, 4) is 44.5 Å². The fraction of sp³-hybridized carbons (Fsp3) is 0.0556. The molecule has 184 valence electrons. The van der Waals surface area contributed by atoms with Gasteiger partial charge in [-0.25, -0.2) is 0 Å². The molecule has 6 rings (SSSR count). The largest absolute Gasteiger partial charge is 0.151 e. The van der Waals surface area contributed by atoms with Crippen LogP contribution in [0.2, 0.25) is 0 Å². The molecule has 0 saturated heterocycles. The molecule has 0 radical (unpaired) electrons. The second-order valence-corrected chi connectivity index (χ2v) is 9.04. The Bertz CT molecular complexity index is 1270. The topological polar surface area (TPSA) is 0 Å². The van der Waals surface area contributed by atoms with Gasteiger partial charge in [0, 0.05) is 17.1 Å². The van der Waals surface area contributed by atoms with E-state index in [1.807, 2.05) is 0 Å². The van der Waals surface area contributed by atoms with Crippen LogP contribution in [0.1, 0.15) is 11.1 Å². The SMILES string of the molecule is C[c-]1c(-c2ccccc2)ccc1-c1ccccc1.Cc1c(-c2ccccc2)cc[c-]1-c1ccccc1.[Fe]. The van der Waals surface area contributed by atoms with Crippen LogP contribution in [0.4, 0.5) is 0 Å². The van der Waals surface area contributed by atoms with Gasteiger partial charge in [0.05, 0.1) is 0 Å². The monoisotopic (exact) mass is 518 g/mol. The molecule has 0 bridgehead atoms. The smallest absolute Gasteiger partial charge is 0 e. The van der Waals surface area contributed by atoms with Crippen LogP contribution in [0.25, 0.3) is 44.5 Å². The van der Waals surface area contributed by atoms with E-state index in [-0.39, 0.29) is 17.1 Å². The van der Waals surface area contributed by atoms with Gasteiger partial charge in [-0.1, -0.05) is 145 Å². The summed E-state index contributed by atoms with van der Waals surface area (Å²) in [6.07, 6.45) is 0. The summed E-state index contributed by atoms with van der Waals surface area (Å²) in [4.78, 5) is 0. The molecule has 0 heterocycles. The van der Waals surface area contributed by atoms with E-state index in [0.29, 0.717) is 0 Å². The van der Waals surface area contributed by atoms with Gasteiger partial charge >= 0.3 is 0 Å². The van der Waals surface area contributed by atoms with Crippen molar-refractivity contribution in [1.82, 2.24) is 0 Å². The summed E-state index contributed by atoms with van der Waals surface area (Å²) in [5.74, 6) is 0. The van der Waals surface area contributed by atoms with Gasteiger partial charge in [0.25, 0.3) is 0 Å². The minimum atomic E-state index is 0. The van der Waals surface area contributed by atoms with Gasteiger partial charge < -0.3 is 0 Å². The second-order valence-electron chi connectivity index (χ2n) is 9.04. The molecule has 0 aliphatic carbocycles. The van der Waals surface area contributed by atoms with Crippen molar-refractivity contribution in [1.29, 1.82) is 0 Å². The van der Waals surface area contributed by atoms with E-state index in [0.717, 1.165) is 0 Å². The van der Waals surface area contributed by atoms with Crippen LogP contribution in [0, 0.1) is 13.8 Å². The molecule has 0 saturated carbocycles. The second kappa shape index (κ2) is 12.4. The number of benzene rings is 4. The fourth-order valence-corrected chi connectivity index (χ4v) is 4.85. The van der Waals surface area contributed by atoms with Gasteiger partial charge in [-0.3, -0.25) is 0 Å². The van der Waals surface area contributed by atoms with Crippen LogP contribution in [-0.4, -0.2) is 0 Å². The third-order valence-corrected chi connectivity index (χ3v) is 6.79. The van der Waals surface area contributed by atoms with E-state index in [2.05, 4.69) is 159 Å². The summed E-state index contributed by atoms with van der Waals surface area (Å²) in [7, 11) is 0. The average molecular weight is 518 g/mol. The molecule has 0 fully saturated rings. The van der Waals surface area contributed by atoms with E-state index in [4.69, 9.17) is 0 Å². The molecule has 0 nitrogen and oxygen atoms in total. The summed E-state index contributed by atoms with van der Waals surface area (Å²) >= 11 is 0. The standard InChI is InChI=1S/2C18H15.Fe/c2*1-14-17(15-8-4-2-5-9-15)12-13-18(14)16-10-6-3-7-11-16;/h2*2-13H,1H3;/q2*-1;. The summed E-state index contributed by atoms with van der Waals surface area (Å²) in [5.41, 5.74) is 13.2. The zero-order valence-corrected chi connectivity index (χ0v) is 22.3. The van der Waals surface area contributed by atoms with Gasteiger partial charge in [-0.05, 0) is 0 Å².